The third kappa shape index (κ3) is 2.93. The van der Waals surface area contributed by atoms with Crippen LogP contribution in [0.2, 0.25) is 0 Å². The molecule has 4 aromatic rings. The van der Waals surface area contributed by atoms with Gasteiger partial charge in [0, 0.05) is 37.0 Å². The summed E-state index contributed by atoms with van der Waals surface area (Å²) in [5.74, 6) is 1.35. The first kappa shape index (κ1) is 19.7. The molecule has 2 N–H and O–H groups in total. The first-order valence-corrected chi connectivity index (χ1v) is 11.4. The Balaban J connectivity index is 1.52. The average Bonchev–Trinajstić information content (AvgIpc) is 3.27. The van der Waals surface area contributed by atoms with Crippen molar-refractivity contribution < 1.29 is 4.74 Å². The van der Waals surface area contributed by atoms with Crippen LogP contribution in [0.15, 0.2) is 24.7 Å². The Labute approximate surface area is 187 Å². The van der Waals surface area contributed by atoms with E-state index in [0.717, 1.165) is 65.6 Å². The number of ether oxygens (including phenoxy) is 1. The number of hydrogen-bond acceptors (Lipinski definition) is 6. The summed E-state index contributed by atoms with van der Waals surface area (Å²) in [5.41, 5.74) is 8.91. The second kappa shape index (κ2) is 7.28. The molecule has 32 heavy (non-hydrogen) atoms. The molecule has 3 aliphatic rings. The summed E-state index contributed by atoms with van der Waals surface area (Å²) >= 11 is 0. The van der Waals surface area contributed by atoms with Gasteiger partial charge in [0.15, 0.2) is 5.65 Å². The van der Waals surface area contributed by atoms with Crippen LogP contribution in [0.4, 0.5) is 5.82 Å². The summed E-state index contributed by atoms with van der Waals surface area (Å²) in [6.45, 7) is 12.2. The fraction of sp³-hybridized carbons (Fsp3) is 0.458. The van der Waals surface area contributed by atoms with Crippen molar-refractivity contribution in [3.63, 3.8) is 0 Å². The van der Waals surface area contributed by atoms with E-state index in [1.54, 1.807) is 6.33 Å². The van der Waals surface area contributed by atoms with Crippen LogP contribution in [0.5, 0.6) is 0 Å². The second-order valence-corrected chi connectivity index (χ2v) is 9.37. The largest absolute Gasteiger partial charge is 0.373 e. The number of aromatic nitrogens is 5. The Kier molecular flexibility index (Phi) is 4.48. The molecule has 4 aromatic heterocycles. The Morgan fingerprint density at radius 2 is 2.03 bits per heavy atom. The summed E-state index contributed by atoms with van der Waals surface area (Å²) in [6, 6.07) is 4.64. The number of anilines is 1. The van der Waals surface area contributed by atoms with Crippen molar-refractivity contribution in [3.8, 4) is 11.3 Å². The SMILES string of the molecule is Cc1c(-c2[nH]c3ccc(N4CC5CNCC4CO5)nc3c2C(C)C)cn2ncnc2c1C. The van der Waals surface area contributed by atoms with Gasteiger partial charge in [-0.2, -0.15) is 5.10 Å². The molecule has 8 heteroatoms. The summed E-state index contributed by atoms with van der Waals surface area (Å²) < 4.78 is 7.83. The molecule has 0 amide bonds. The van der Waals surface area contributed by atoms with Gasteiger partial charge >= 0.3 is 0 Å². The number of aryl methyl sites for hydroxylation is 1. The number of fused-ring (bicyclic) bond motifs is 6. The highest BCUT2D eigenvalue weighted by Crippen LogP contribution is 2.38. The minimum atomic E-state index is 0.220. The topological polar surface area (TPSA) is 83.4 Å². The maximum atomic E-state index is 5.97. The summed E-state index contributed by atoms with van der Waals surface area (Å²) in [4.78, 5) is 15.7. The highest BCUT2D eigenvalue weighted by atomic mass is 16.5. The van der Waals surface area contributed by atoms with E-state index in [1.165, 1.54) is 11.1 Å². The summed E-state index contributed by atoms with van der Waals surface area (Å²) in [5, 5.41) is 7.90. The molecular weight excluding hydrogens is 402 g/mol. The van der Waals surface area contributed by atoms with Crippen LogP contribution >= 0.6 is 0 Å². The van der Waals surface area contributed by atoms with Crippen molar-refractivity contribution in [1.82, 2.24) is 29.9 Å². The maximum absolute atomic E-state index is 5.97. The van der Waals surface area contributed by atoms with Crippen LogP contribution in [0.3, 0.4) is 0 Å². The number of nitrogens with one attached hydrogen (secondary N) is 2. The van der Waals surface area contributed by atoms with Gasteiger partial charge in [-0.15, -0.1) is 0 Å². The number of nitrogens with zero attached hydrogens (tertiary/aromatic N) is 5. The van der Waals surface area contributed by atoms with Crippen molar-refractivity contribution in [2.45, 2.75) is 45.8 Å². The van der Waals surface area contributed by atoms with Gasteiger partial charge in [0.1, 0.15) is 12.1 Å². The predicted molar refractivity (Wildman–Crippen MR) is 125 cm³/mol. The van der Waals surface area contributed by atoms with Crippen molar-refractivity contribution in [1.29, 1.82) is 0 Å². The van der Waals surface area contributed by atoms with Gasteiger partial charge < -0.3 is 19.9 Å². The van der Waals surface area contributed by atoms with E-state index in [4.69, 9.17) is 9.72 Å². The van der Waals surface area contributed by atoms with Crippen LogP contribution in [0.1, 0.15) is 36.5 Å². The standard InChI is InChI=1S/C24H29N7O/c1-13(2)21-22(18-10-31-24(26-12-27-31)15(4)14(18)3)28-19-5-6-20(29-23(19)21)30-9-17-8-25-7-16(30)11-32-17/h5-6,10,12-13,16-17,25,28H,7-9,11H2,1-4H3. The number of pyridine rings is 2. The monoisotopic (exact) mass is 431 g/mol. The zero-order valence-electron chi connectivity index (χ0n) is 19.0. The average molecular weight is 432 g/mol. The molecule has 166 valence electrons. The van der Waals surface area contributed by atoms with E-state index >= 15 is 0 Å². The summed E-state index contributed by atoms with van der Waals surface area (Å²) in [6.07, 6.45) is 3.91. The molecule has 3 fully saturated rings. The van der Waals surface area contributed by atoms with Crippen LogP contribution in [0.25, 0.3) is 27.9 Å². The molecule has 0 saturated carbocycles. The normalized spacial score (nSPS) is 21.2. The van der Waals surface area contributed by atoms with Crippen LogP contribution in [-0.2, 0) is 4.74 Å². The Morgan fingerprint density at radius 1 is 1.16 bits per heavy atom. The lowest BCUT2D eigenvalue weighted by Gasteiger charge is -2.37. The molecule has 2 bridgehead atoms. The van der Waals surface area contributed by atoms with E-state index in [2.05, 4.69) is 71.3 Å². The molecule has 7 heterocycles. The Hall–Kier alpha value is -2.97. The minimum Gasteiger partial charge on any atom is -0.373 e. The van der Waals surface area contributed by atoms with Gasteiger partial charge in [0.05, 0.1) is 35.5 Å². The molecule has 0 aliphatic carbocycles. The van der Waals surface area contributed by atoms with Crippen molar-refractivity contribution in [2.24, 2.45) is 0 Å². The van der Waals surface area contributed by atoms with E-state index in [1.807, 2.05) is 4.52 Å². The quantitative estimate of drug-likeness (QED) is 0.518. The van der Waals surface area contributed by atoms with E-state index < -0.39 is 0 Å². The molecule has 3 aliphatic heterocycles. The number of H-pyrrole nitrogens is 1. The highest BCUT2D eigenvalue weighted by Gasteiger charge is 2.33. The number of aromatic amines is 1. The Bertz CT molecular complexity index is 1320. The molecule has 7 rings (SSSR count). The predicted octanol–water partition coefficient (Wildman–Crippen LogP) is 3.19. The molecule has 3 saturated heterocycles. The lowest BCUT2D eigenvalue weighted by atomic mass is 9.95. The van der Waals surface area contributed by atoms with Gasteiger partial charge in [0.25, 0.3) is 0 Å². The third-order valence-electron chi connectivity index (χ3n) is 7.05. The number of rotatable bonds is 3. The maximum Gasteiger partial charge on any atom is 0.158 e. The Morgan fingerprint density at radius 3 is 2.88 bits per heavy atom. The fourth-order valence-electron chi connectivity index (χ4n) is 5.21. The van der Waals surface area contributed by atoms with Gasteiger partial charge in [-0.1, -0.05) is 13.8 Å². The first-order chi connectivity index (χ1) is 15.5. The van der Waals surface area contributed by atoms with Gasteiger partial charge in [-0.3, -0.25) is 0 Å². The van der Waals surface area contributed by atoms with E-state index in [9.17, 15) is 0 Å². The second-order valence-electron chi connectivity index (χ2n) is 9.37. The lowest BCUT2D eigenvalue weighted by Crippen LogP contribution is -2.49. The molecule has 2 atom stereocenters. The first-order valence-electron chi connectivity index (χ1n) is 11.4. The summed E-state index contributed by atoms with van der Waals surface area (Å²) in [7, 11) is 0. The van der Waals surface area contributed by atoms with E-state index in [0.29, 0.717) is 12.0 Å². The van der Waals surface area contributed by atoms with Crippen molar-refractivity contribution in [3.05, 3.63) is 41.3 Å². The van der Waals surface area contributed by atoms with Gasteiger partial charge in [0.2, 0.25) is 0 Å². The van der Waals surface area contributed by atoms with Crippen LogP contribution in [0, 0.1) is 13.8 Å². The van der Waals surface area contributed by atoms with Crippen LogP contribution < -0.4 is 10.2 Å². The zero-order valence-corrected chi connectivity index (χ0v) is 19.0. The highest BCUT2D eigenvalue weighted by molar-refractivity contribution is 5.90. The molecule has 0 aromatic carbocycles. The van der Waals surface area contributed by atoms with Gasteiger partial charge in [-0.25, -0.2) is 14.5 Å². The lowest BCUT2D eigenvalue weighted by molar-refractivity contribution is 0.0389. The number of morpholine rings is 1. The minimum absolute atomic E-state index is 0.220. The van der Waals surface area contributed by atoms with Crippen LogP contribution in [-0.4, -0.2) is 63.0 Å². The third-order valence-corrected chi connectivity index (χ3v) is 7.05. The molecule has 0 radical (unpaired) electrons. The van der Waals surface area contributed by atoms with Crippen molar-refractivity contribution >= 4 is 22.5 Å². The zero-order chi connectivity index (χ0) is 22.0. The van der Waals surface area contributed by atoms with E-state index in [-0.39, 0.29) is 6.10 Å². The molecule has 2 unspecified atom stereocenters. The smallest absolute Gasteiger partial charge is 0.158 e. The molecule has 8 nitrogen and oxygen atoms in total. The molecule has 0 spiro atoms. The van der Waals surface area contributed by atoms with Gasteiger partial charge in [-0.05, 0) is 43.0 Å². The fourth-order valence-corrected chi connectivity index (χ4v) is 5.21. The molecular formula is C24H29N7O. The number of hydrogen-bond donors (Lipinski definition) is 2. The van der Waals surface area contributed by atoms with Crippen molar-refractivity contribution in [2.75, 3.05) is 31.1 Å².